The third-order valence-corrected chi connectivity index (χ3v) is 4.56. The van der Waals surface area contributed by atoms with E-state index in [9.17, 15) is 14.7 Å². The number of Topliss-reactive ketones (excluding diaryl/α,β-unsaturated/α-hetero) is 1. The van der Waals surface area contributed by atoms with Gasteiger partial charge in [0.15, 0.2) is 0 Å². The van der Waals surface area contributed by atoms with Gasteiger partial charge in [0.2, 0.25) is 0 Å². The Morgan fingerprint density at radius 3 is 2.00 bits per heavy atom. The van der Waals surface area contributed by atoms with Crippen LogP contribution >= 0.6 is 7.82 Å². The standard InChI is InChI=1S/C21H38O4.H3O4P/c1-4-5-6-12-15-19(23)16-13-10-8-7-9-11-14-17-20(18(2)22)21(24)25-3;1-5(2,3)4/h10,13,19-20,23H,4-9,11-12,14-17H2,1-3H3;(H3,1,2,3,4)/b13-10-;/t19-,20?;/m1./s1. The molecular weight excluding hydrogens is 411 g/mol. The Morgan fingerprint density at radius 1 is 0.933 bits per heavy atom. The molecule has 1 unspecified atom stereocenters. The van der Waals surface area contributed by atoms with Crippen LogP contribution in [0, 0.1) is 5.92 Å². The van der Waals surface area contributed by atoms with Crippen LogP contribution in [0.3, 0.4) is 0 Å². The van der Waals surface area contributed by atoms with E-state index in [4.69, 9.17) is 19.2 Å². The van der Waals surface area contributed by atoms with Gasteiger partial charge in [0.1, 0.15) is 11.7 Å². The first-order chi connectivity index (χ1) is 14.0. The number of rotatable bonds is 16. The highest BCUT2D eigenvalue weighted by Gasteiger charge is 2.23. The lowest BCUT2D eigenvalue weighted by Crippen LogP contribution is -2.23. The van der Waals surface area contributed by atoms with Gasteiger partial charge in [-0.2, -0.15) is 0 Å². The van der Waals surface area contributed by atoms with Gasteiger partial charge in [0.05, 0.1) is 13.2 Å². The van der Waals surface area contributed by atoms with Crippen LogP contribution in [0.25, 0.3) is 0 Å². The number of ether oxygens (including phenoxy) is 1. The molecule has 178 valence electrons. The van der Waals surface area contributed by atoms with Crippen molar-refractivity contribution >= 4 is 19.6 Å². The number of hydrogen-bond donors (Lipinski definition) is 4. The number of hydrogen-bond acceptors (Lipinski definition) is 5. The second kappa shape index (κ2) is 19.9. The number of aliphatic hydroxyl groups is 1. The summed E-state index contributed by atoms with van der Waals surface area (Å²) in [4.78, 5) is 44.4. The molecule has 0 aliphatic rings. The maximum Gasteiger partial charge on any atom is 0.466 e. The number of methoxy groups -OCH3 is 1. The number of ketones is 1. The van der Waals surface area contributed by atoms with E-state index >= 15 is 0 Å². The number of allylic oxidation sites excluding steroid dienone is 1. The van der Waals surface area contributed by atoms with Gasteiger partial charge in [0, 0.05) is 0 Å². The van der Waals surface area contributed by atoms with Gasteiger partial charge in [-0.3, -0.25) is 9.59 Å². The zero-order chi connectivity index (χ0) is 23.4. The van der Waals surface area contributed by atoms with Crippen LogP contribution < -0.4 is 0 Å². The van der Waals surface area contributed by atoms with Crippen molar-refractivity contribution in [3.8, 4) is 0 Å². The summed E-state index contributed by atoms with van der Waals surface area (Å²) in [5, 5.41) is 9.87. The fourth-order valence-corrected chi connectivity index (χ4v) is 2.89. The minimum Gasteiger partial charge on any atom is -0.468 e. The molecule has 2 atom stereocenters. The van der Waals surface area contributed by atoms with Crippen LogP contribution in [0.2, 0.25) is 0 Å². The Morgan fingerprint density at radius 2 is 1.47 bits per heavy atom. The Balaban J connectivity index is 0. The van der Waals surface area contributed by atoms with E-state index in [1.54, 1.807) is 0 Å². The highest BCUT2D eigenvalue weighted by molar-refractivity contribution is 7.45. The molecule has 0 heterocycles. The molecule has 0 aromatic heterocycles. The number of esters is 1. The highest BCUT2D eigenvalue weighted by Crippen LogP contribution is 2.25. The number of carbonyl (C=O) groups excluding carboxylic acids is 2. The Labute approximate surface area is 181 Å². The van der Waals surface area contributed by atoms with Crippen molar-refractivity contribution < 1.29 is 38.7 Å². The van der Waals surface area contributed by atoms with E-state index in [0.29, 0.717) is 6.42 Å². The van der Waals surface area contributed by atoms with Gasteiger partial charge >= 0.3 is 13.8 Å². The van der Waals surface area contributed by atoms with Crippen molar-refractivity contribution in [2.75, 3.05) is 7.11 Å². The molecule has 0 spiro atoms. The predicted molar refractivity (Wildman–Crippen MR) is 117 cm³/mol. The van der Waals surface area contributed by atoms with Crippen molar-refractivity contribution in [3.05, 3.63) is 12.2 Å². The van der Waals surface area contributed by atoms with Crippen molar-refractivity contribution in [2.24, 2.45) is 5.92 Å². The average molecular weight is 453 g/mol. The lowest BCUT2D eigenvalue weighted by Gasteiger charge is -2.10. The first-order valence-electron chi connectivity index (χ1n) is 10.7. The molecule has 0 bridgehead atoms. The monoisotopic (exact) mass is 452 g/mol. The lowest BCUT2D eigenvalue weighted by molar-refractivity contribution is -0.149. The molecule has 0 aliphatic heterocycles. The van der Waals surface area contributed by atoms with E-state index < -0.39 is 19.7 Å². The zero-order valence-electron chi connectivity index (χ0n) is 18.7. The lowest BCUT2D eigenvalue weighted by atomic mass is 9.97. The minimum atomic E-state index is -4.64. The van der Waals surface area contributed by atoms with E-state index in [1.807, 2.05) is 0 Å². The van der Waals surface area contributed by atoms with Crippen molar-refractivity contribution in [2.45, 2.75) is 97.0 Å². The molecule has 4 N–H and O–H groups in total. The topological polar surface area (TPSA) is 141 Å². The number of aliphatic hydroxyl groups excluding tert-OH is 1. The smallest absolute Gasteiger partial charge is 0.466 e. The van der Waals surface area contributed by atoms with Crippen LogP contribution in [0.15, 0.2) is 12.2 Å². The summed E-state index contributed by atoms with van der Waals surface area (Å²) in [6.45, 7) is 3.64. The number of carbonyl (C=O) groups is 2. The Hall–Kier alpha value is -1.05. The summed E-state index contributed by atoms with van der Waals surface area (Å²) in [7, 11) is -3.31. The SMILES string of the molecule is CCCCCC[C@@H](O)C/C=C\CCCCCCC(C(C)=O)C(=O)OC.O=P(O)(O)O. The maximum atomic E-state index is 11.5. The second-order valence-corrected chi connectivity index (χ2v) is 8.43. The second-order valence-electron chi connectivity index (χ2n) is 7.40. The summed E-state index contributed by atoms with van der Waals surface area (Å²) in [6.07, 6.45) is 16.2. The van der Waals surface area contributed by atoms with Crippen LogP contribution in [0.5, 0.6) is 0 Å². The molecule has 8 nitrogen and oxygen atoms in total. The van der Waals surface area contributed by atoms with E-state index in [2.05, 4.69) is 23.8 Å². The molecule has 30 heavy (non-hydrogen) atoms. The van der Waals surface area contributed by atoms with Crippen molar-refractivity contribution in [3.63, 3.8) is 0 Å². The van der Waals surface area contributed by atoms with Crippen LogP contribution in [0.1, 0.15) is 90.9 Å². The molecule has 0 aliphatic carbocycles. The summed E-state index contributed by atoms with van der Waals surface area (Å²) < 4.78 is 13.5. The minimum absolute atomic E-state index is 0.108. The Kier molecular flexibility index (Phi) is 20.6. The largest absolute Gasteiger partial charge is 0.468 e. The molecule has 0 saturated carbocycles. The van der Waals surface area contributed by atoms with E-state index in [1.165, 1.54) is 33.3 Å². The van der Waals surface area contributed by atoms with Crippen LogP contribution in [0.4, 0.5) is 0 Å². The quantitative estimate of drug-likeness (QED) is 0.0903. The van der Waals surface area contributed by atoms with Gasteiger partial charge in [-0.05, 0) is 39.0 Å². The van der Waals surface area contributed by atoms with Crippen molar-refractivity contribution in [1.29, 1.82) is 0 Å². The molecule has 0 aromatic carbocycles. The maximum absolute atomic E-state index is 11.5. The third-order valence-electron chi connectivity index (χ3n) is 4.56. The third kappa shape index (κ3) is 25.0. The summed E-state index contributed by atoms with van der Waals surface area (Å²) in [5.74, 6) is -1.12. The highest BCUT2D eigenvalue weighted by atomic mass is 31.2. The molecule has 0 amide bonds. The molecule has 0 radical (unpaired) electrons. The predicted octanol–water partition coefficient (Wildman–Crippen LogP) is 4.05. The molecular formula is C21H41O8P. The molecule has 0 fully saturated rings. The average Bonchev–Trinajstić information content (AvgIpc) is 2.64. The normalized spacial score (nSPS) is 13.4. The van der Waals surface area contributed by atoms with Gasteiger partial charge in [-0.1, -0.05) is 64.0 Å². The Bertz CT molecular complexity index is 507. The summed E-state index contributed by atoms with van der Waals surface area (Å²) in [5.41, 5.74) is 0. The molecule has 0 rings (SSSR count). The molecule has 9 heteroatoms. The summed E-state index contributed by atoms with van der Waals surface area (Å²) in [6, 6.07) is 0. The van der Waals surface area contributed by atoms with Crippen molar-refractivity contribution in [1.82, 2.24) is 0 Å². The first-order valence-corrected chi connectivity index (χ1v) is 12.3. The van der Waals surface area contributed by atoms with Gasteiger partial charge in [-0.15, -0.1) is 0 Å². The molecule has 0 saturated heterocycles. The van der Waals surface area contributed by atoms with Crippen LogP contribution in [-0.4, -0.2) is 44.8 Å². The molecule has 0 aromatic rings. The zero-order valence-corrected chi connectivity index (χ0v) is 19.6. The fraction of sp³-hybridized carbons (Fsp3) is 0.810. The number of phosphoric acid groups is 1. The summed E-state index contributed by atoms with van der Waals surface area (Å²) >= 11 is 0. The fourth-order valence-electron chi connectivity index (χ4n) is 2.89. The number of unbranched alkanes of at least 4 members (excludes halogenated alkanes) is 7. The van der Waals surface area contributed by atoms with E-state index in [-0.39, 0.29) is 11.9 Å². The van der Waals surface area contributed by atoms with Crippen LogP contribution in [-0.2, 0) is 18.9 Å². The van der Waals surface area contributed by atoms with Gasteiger partial charge < -0.3 is 24.5 Å². The van der Waals surface area contributed by atoms with E-state index in [0.717, 1.165) is 51.4 Å². The first kappa shape index (κ1) is 31.1. The van der Waals surface area contributed by atoms with Gasteiger partial charge in [-0.25, -0.2) is 4.57 Å². The van der Waals surface area contributed by atoms with Gasteiger partial charge in [0.25, 0.3) is 0 Å².